The van der Waals surface area contributed by atoms with Crippen molar-refractivity contribution in [2.24, 2.45) is 11.8 Å². The first kappa shape index (κ1) is 13.5. The molecule has 3 nitrogen and oxygen atoms in total. The van der Waals surface area contributed by atoms with Gasteiger partial charge in [-0.05, 0) is 44.6 Å². The Balaban J connectivity index is 1.93. The predicted molar refractivity (Wildman–Crippen MR) is 74.3 cm³/mol. The van der Waals surface area contributed by atoms with E-state index in [1.54, 1.807) is 0 Å². The van der Waals surface area contributed by atoms with Crippen molar-refractivity contribution in [3.63, 3.8) is 0 Å². The molecule has 1 fully saturated rings. The molecule has 1 heterocycles. The molecule has 1 N–H and O–H groups in total. The summed E-state index contributed by atoms with van der Waals surface area (Å²) in [5, 5.41) is 3.12. The van der Waals surface area contributed by atoms with E-state index in [4.69, 9.17) is 0 Å². The maximum Gasteiger partial charge on any atom is 0.131 e. The summed E-state index contributed by atoms with van der Waals surface area (Å²) in [5.74, 6) is 3.37. The monoisotopic (exact) mass is 247 g/mol. The van der Waals surface area contributed by atoms with Crippen LogP contribution in [0.1, 0.15) is 56.8 Å². The molecular weight excluding hydrogens is 222 g/mol. The minimum absolute atomic E-state index is 0.587. The average molecular weight is 247 g/mol. The molecule has 3 heteroatoms. The molecule has 0 radical (unpaired) electrons. The van der Waals surface area contributed by atoms with Gasteiger partial charge in [-0.2, -0.15) is 0 Å². The third-order valence-electron chi connectivity index (χ3n) is 4.19. The fraction of sp³-hybridized carbons (Fsp3) is 0.733. The van der Waals surface area contributed by atoms with Gasteiger partial charge in [0.2, 0.25) is 0 Å². The first-order valence-electron chi connectivity index (χ1n) is 7.16. The second-order valence-corrected chi connectivity index (χ2v) is 5.84. The predicted octanol–water partition coefficient (Wildman–Crippen LogP) is 3.13. The number of hydrogen-bond acceptors (Lipinski definition) is 3. The molecule has 0 aromatic carbocycles. The van der Waals surface area contributed by atoms with Gasteiger partial charge < -0.3 is 5.32 Å². The summed E-state index contributed by atoms with van der Waals surface area (Å²) in [7, 11) is 1.95. The van der Waals surface area contributed by atoms with Gasteiger partial charge in [-0.3, -0.25) is 0 Å². The molecule has 2 rings (SSSR count). The Morgan fingerprint density at radius 1 is 1.17 bits per heavy atom. The van der Waals surface area contributed by atoms with E-state index in [2.05, 4.69) is 29.1 Å². The highest BCUT2D eigenvalue weighted by Gasteiger charge is 2.25. The van der Waals surface area contributed by atoms with Gasteiger partial charge >= 0.3 is 0 Å². The highest BCUT2D eigenvalue weighted by atomic mass is 14.9. The zero-order chi connectivity index (χ0) is 13.0. The zero-order valence-electron chi connectivity index (χ0n) is 11.8. The molecule has 0 unspecified atom stereocenters. The lowest BCUT2D eigenvalue weighted by Crippen LogP contribution is -2.19. The van der Waals surface area contributed by atoms with Crippen molar-refractivity contribution >= 4 is 0 Å². The highest BCUT2D eigenvalue weighted by molar-refractivity contribution is 5.07. The maximum atomic E-state index is 4.54. The van der Waals surface area contributed by atoms with Crippen LogP contribution in [0.25, 0.3) is 0 Å². The van der Waals surface area contributed by atoms with Gasteiger partial charge in [0, 0.05) is 30.4 Å². The van der Waals surface area contributed by atoms with E-state index in [1.165, 1.54) is 25.7 Å². The lowest BCUT2D eigenvalue weighted by Gasteiger charge is -2.30. The van der Waals surface area contributed by atoms with E-state index < -0.39 is 0 Å². The fourth-order valence-electron chi connectivity index (χ4n) is 2.92. The second-order valence-electron chi connectivity index (χ2n) is 5.84. The molecule has 18 heavy (non-hydrogen) atoms. The standard InChI is InChI=1S/C15H25N3/c1-11(2)13-4-6-14(7-5-13)15-17-9-12(8-16-3)10-18-15/h9-11,13-14,16H,4-8H2,1-3H3. The van der Waals surface area contributed by atoms with Crippen LogP contribution in [0.4, 0.5) is 0 Å². The Labute approximate surface area is 110 Å². The molecule has 0 atom stereocenters. The lowest BCUT2D eigenvalue weighted by molar-refractivity contribution is 0.254. The Kier molecular flexibility index (Phi) is 4.70. The van der Waals surface area contributed by atoms with Crippen molar-refractivity contribution in [3.05, 3.63) is 23.8 Å². The minimum Gasteiger partial charge on any atom is -0.316 e. The first-order chi connectivity index (χ1) is 8.70. The smallest absolute Gasteiger partial charge is 0.131 e. The van der Waals surface area contributed by atoms with Gasteiger partial charge in [0.1, 0.15) is 5.82 Å². The summed E-state index contributed by atoms with van der Waals surface area (Å²) in [6.45, 7) is 5.53. The molecule has 1 aliphatic rings. The van der Waals surface area contributed by atoms with Gasteiger partial charge in [0.15, 0.2) is 0 Å². The van der Waals surface area contributed by atoms with Gasteiger partial charge in [-0.25, -0.2) is 9.97 Å². The molecule has 100 valence electrons. The van der Waals surface area contributed by atoms with Crippen molar-refractivity contribution in [2.75, 3.05) is 7.05 Å². The number of hydrogen-bond donors (Lipinski definition) is 1. The van der Waals surface area contributed by atoms with E-state index in [0.29, 0.717) is 5.92 Å². The van der Waals surface area contributed by atoms with Crippen LogP contribution in [0, 0.1) is 11.8 Å². The average Bonchev–Trinajstić information content (AvgIpc) is 2.40. The number of nitrogens with zero attached hydrogens (tertiary/aromatic N) is 2. The number of rotatable bonds is 4. The molecule has 1 aliphatic carbocycles. The molecule has 0 spiro atoms. The fourth-order valence-corrected chi connectivity index (χ4v) is 2.92. The summed E-state index contributed by atoms with van der Waals surface area (Å²) in [5.41, 5.74) is 1.16. The summed E-state index contributed by atoms with van der Waals surface area (Å²) in [4.78, 5) is 9.08. The van der Waals surface area contributed by atoms with Crippen LogP contribution in [0.5, 0.6) is 0 Å². The van der Waals surface area contributed by atoms with Gasteiger partial charge in [0.25, 0.3) is 0 Å². The Hall–Kier alpha value is -0.960. The Morgan fingerprint density at radius 2 is 1.78 bits per heavy atom. The van der Waals surface area contributed by atoms with Crippen LogP contribution < -0.4 is 5.32 Å². The number of nitrogens with one attached hydrogen (secondary N) is 1. The van der Waals surface area contributed by atoms with E-state index in [0.717, 1.165) is 29.8 Å². The van der Waals surface area contributed by atoms with E-state index in [-0.39, 0.29) is 0 Å². The molecule has 1 aromatic rings. The summed E-state index contributed by atoms with van der Waals surface area (Å²) < 4.78 is 0. The van der Waals surface area contributed by atoms with Crippen LogP contribution in [0.2, 0.25) is 0 Å². The second kappa shape index (κ2) is 6.28. The van der Waals surface area contributed by atoms with E-state index in [9.17, 15) is 0 Å². The van der Waals surface area contributed by atoms with E-state index >= 15 is 0 Å². The first-order valence-corrected chi connectivity index (χ1v) is 7.16. The topological polar surface area (TPSA) is 37.8 Å². The zero-order valence-corrected chi connectivity index (χ0v) is 11.8. The molecule has 0 bridgehead atoms. The SMILES string of the molecule is CNCc1cnc(C2CCC(C(C)C)CC2)nc1. The third kappa shape index (κ3) is 3.29. The molecule has 1 saturated carbocycles. The van der Waals surface area contributed by atoms with Crippen molar-refractivity contribution in [1.29, 1.82) is 0 Å². The number of aromatic nitrogens is 2. The Morgan fingerprint density at radius 3 is 2.28 bits per heavy atom. The van der Waals surface area contributed by atoms with Crippen molar-refractivity contribution in [1.82, 2.24) is 15.3 Å². The maximum absolute atomic E-state index is 4.54. The van der Waals surface area contributed by atoms with Crippen LogP contribution in [-0.2, 0) is 6.54 Å². The normalized spacial score (nSPS) is 24.4. The molecule has 0 amide bonds. The minimum atomic E-state index is 0.587. The van der Waals surface area contributed by atoms with Gasteiger partial charge in [0.05, 0.1) is 0 Å². The quantitative estimate of drug-likeness (QED) is 0.888. The van der Waals surface area contributed by atoms with Gasteiger partial charge in [-0.1, -0.05) is 13.8 Å². The van der Waals surface area contributed by atoms with E-state index in [1.807, 2.05) is 19.4 Å². The van der Waals surface area contributed by atoms with Crippen LogP contribution in [0.3, 0.4) is 0 Å². The van der Waals surface area contributed by atoms with Crippen molar-refractivity contribution in [3.8, 4) is 0 Å². The van der Waals surface area contributed by atoms with Crippen molar-refractivity contribution < 1.29 is 0 Å². The molecular formula is C15H25N3. The van der Waals surface area contributed by atoms with Gasteiger partial charge in [-0.15, -0.1) is 0 Å². The summed E-state index contributed by atoms with van der Waals surface area (Å²) in [6.07, 6.45) is 9.12. The van der Waals surface area contributed by atoms with Crippen LogP contribution >= 0.6 is 0 Å². The largest absolute Gasteiger partial charge is 0.316 e. The van der Waals surface area contributed by atoms with Crippen LogP contribution in [-0.4, -0.2) is 17.0 Å². The molecule has 0 aliphatic heterocycles. The lowest BCUT2D eigenvalue weighted by atomic mass is 9.77. The van der Waals surface area contributed by atoms with Crippen LogP contribution in [0.15, 0.2) is 12.4 Å². The molecule has 1 aromatic heterocycles. The summed E-state index contributed by atoms with van der Waals surface area (Å²) in [6, 6.07) is 0. The van der Waals surface area contributed by atoms with Crippen molar-refractivity contribution in [2.45, 2.75) is 52.0 Å². The third-order valence-corrected chi connectivity index (χ3v) is 4.19. The Bertz CT molecular complexity index is 351. The summed E-state index contributed by atoms with van der Waals surface area (Å²) >= 11 is 0. The highest BCUT2D eigenvalue weighted by Crippen LogP contribution is 2.37. The molecule has 0 saturated heterocycles.